The van der Waals surface area contributed by atoms with Gasteiger partial charge >= 0.3 is 23.4 Å². The Morgan fingerprint density at radius 2 is 1.77 bits per heavy atom. The van der Waals surface area contributed by atoms with E-state index in [1.807, 2.05) is 5.09 Å². The third kappa shape index (κ3) is 8.69. The Labute approximate surface area is 220 Å². The molecule has 0 saturated carbocycles. The van der Waals surface area contributed by atoms with E-state index >= 15 is 0 Å². The van der Waals surface area contributed by atoms with Crippen LogP contribution in [0.15, 0.2) is 11.1 Å². The van der Waals surface area contributed by atoms with Gasteiger partial charge in [0.15, 0.2) is 17.4 Å². The van der Waals surface area contributed by atoms with Crippen LogP contribution in [0, 0.1) is 0 Å². The van der Waals surface area contributed by atoms with Gasteiger partial charge in [-0.2, -0.15) is 13.6 Å². The molecule has 0 amide bonds. The largest absolute Gasteiger partial charge is 0.489 e. The number of nitrogens with zero attached hydrogens (tertiary/aromatic N) is 3. The lowest BCUT2D eigenvalue weighted by Gasteiger charge is -2.20. The SMILES string of the molecule is NCCCCCCNP(=O)(O)OP(=O)(O)OP(=O)(O)OC[C@H]1O[C@@H](n2cnc3c(=O)[nH]c(N)nc32)[C@H](O)[C@@H]1O. The molecule has 3 unspecified atom stereocenters. The maximum atomic E-state index is 12.2. The van der Waals surface area contributed by atoms with Crippen molar-refractivity contribution >= 4 is 40.5 Å². The fourth-order valence-corrected chi connectivity index (χ4v) is 7.32. The average Bonchev–Trinajstić information content (AvgIpc) is 3.34. The van der Waals surface area contributed by atoms with Gasteiger partial charge in [-0.3, -0.25) is 18.9 Å². The normalized spacial score (nSPS) is 26.3. The second kappa shape index (κ2) is 12.9. The van der Waals surface area contributed by atoms with Gasteiger partial charge in [-0.1, -0.05) is 12.8 Å². The summed E-state index contributed by atoms with van der Waals surface area (Å²) in [4.78, 5) is 51.2. The number of ether oxygens (including phenoxy) is 1. The van der Waals surface area contributed by atoms with Crippen molar-refractivity contribution in [3.63, 3.8) is 0 Å². The molecule has 39 heavy (non-hydrogen) atoms. The highest BCUT2D eigenvalue weighted by molar-refractivity contribution is 7.67. The Hall–Kier alpha value is -1.60. The van der Waals surface area contributed by atoms with E-state index in [2.05, 4.69) is 28.1 Å². The van der Waals surface area contributed by atoms with Gasteiger partial charge in [-0.05, 0) is 19.4 Å². The number of phosphoric acid groups is 2. The van der Waals surface area contributed by atoms with Gasteiger partial charge in [-0.25, -0.2) is 23.8 Å². The molecule has 1 aliphatic heterocycles. The number of nitrogen functional groups attached to an aromatic ring is 1. The van der Waals surface area contributed by atoms with E-state index in [0.29, 0.717) is 19.4 Å². The molecule has 0 radical (unpaired) electrons. The van der Waals surface area contributed by atoms with Crippen LogP contribution in [0.25, 0.3) is 11.2 Å². The fraction of sp³-hybridized carbons (Fsp3) is 0.688. The Morgan fingerprint density at radius 1 is 1.08 bits per heavy atom. The number of rotatable bonds is 15. The van der Waals surface area contributed by atoms with Gasteiger partial charge in [0.25, 0.3) is 5.56 Å². The van der Waals surface area contributed by atoms with Crippen molar-refractivity contribution < 1.29 is 56.5 Å². The van der Waals surface area contributed by atoms with Crippen molar-refractivity contribution in [2.24, 2.45) is 5.73 Å². The maximum Gasteiger partial charge on any atom is 0.489 e. The molecule has 0 spiro atoms. The summed E-state index contributed by atoms with van der Waals surface area (Å²) in [6.45, 7) is -0.550. The zero-order chi connectivity index (χ0) is 29.0. The van der Waals surface area contributed by atoms with E-state index in [-0.39, 0.29) is 23.7 Å². The van der Waals surface area contributed by atoms with Crippen LogP contribution >= 0.6 is 23.4 Å². The Morgan fingerprint density at radius 3 is 2.46 bits per heavy atom. The van der Waals surface area contributed by atoms with E-state index in [9.17, 15) is 43.4 Å². The second-order valence-electron chi connectivity index (χ2n) is 8.35. The number of hydrogen-bond donors (Lipinski definition) is 9. The maximum absolute atomic E-state index is 12.2. The fourth-order valence-electron chi connectivity index (χ4n) is 3.57. The molecule has 7 atom stereocenters. The molecule has 0 aliphatic carbocycles. The molecule has 20 nitrogen and oxygen atoms in total. The van der Waals surface area contributed by atoms with Crippen molar-refractivity contribution in [3.05, 3.63) is 16.7 Å². The molecule has 0 aromatic carbocycles. The van der Waals surface area contributed by atoms with Crippen LogP contribution in [-0.2, 0) is 31.6 Å². The van der Waals surface area contributed by atoms with Gasteiger partial charge in [0.05, 0.1) is 12.9 Å². The molecule has 1 aliphatic rings. The van der Waals surface area contributed by atoms with Crippen molar-refractivity contribution in [3.8, 4) is 0 Å². The van der Waals surface area contributed by atoms with Gasteiger partial charge in [0, 0.05) is 6.54 Å². The van der Waals surface area contributed by atoms with Crippen LogP contribution in [0.3, 0.4) is 0 Å². The molecule has 23 heteroatoms. The zero-order valence-electron chi connectivity index (χ0n) is 20.2. The van der Waals surface area contributed by atoms with E-state index < -0.39 is 60.1 Å². The number of H-pyrrole nitrogens is 1. The van der Waals surface area contributed by atoms with Crippen molar-refractivity contribution in [1.29, 1.82) is 0 Å². The van der Waals surface area contributed by atoms with Gasteiger partial charge in [0.2, 0.25) is 5.95 Å². The Bertz CT molecular complexity index is 1340. The second-order valence-corrected chi connectivity index (χ2v) is 13.1. The highest BCUT2D eigenvalue weighted by Gasteiger charge is 2.47. The quantitative estimate of drug-likeness (QED) is 0.0831. The number of anilines is 1. The monoisotopic (exact) mass is 621 g/mol. The standard InChI is InChI=1S/C16H30N7O13P3/c17-5-3-1-2-4-6-20-37(27,28)35-39(31,32)36-38(29,30)33-7-9-11(24)12(25)15(34-9)23-8-19-10-13(23)21-16(18)22-14(10)26/h8-9,11-12,15,24-25H,1-7,17H2,(H,29,30)(H,31,32)(H2,20,27,28)(H3,18,21,22,26)/t9-,11-,12-,15-/m1/s1. The molecule has 1 fully saturated rings. The van der Waals surface area contributed by atoms with Crippen molar-refractivity contribution in [2.45, 2.75) is 50.2 Å². The minimum absolute atomic E-state index is 0.0747. The number of aromatic amines is 1. The number of nitrogens with two attached hydrogens (primary N) is 2. The third-order valence-electron chi connectivity index (χ3n) is 5.33. The minimum Gasteiger partial charge on any atom is -0.387 e. The highest BCUT2D eigenvalue weighted by atomic mass is 31.3. The van der Waals surface area contributed by atoms with Crippen LogP contribution in [0.5, 0.6) is 0 Å². The number of nitrogens with one attached hydrogen (secondary N) is 2. The van der Waals surface area contributed by atoms with Crippen molar-refractivity contribution in [1.82, 2.24) is 24.6 Å². The van der Waals surface area contributed by atoms with Crippen LogP contribution in [0.2, 0.25) is 0 Å². The average molecular weight is 621 g/mol. The van der Waals surface area contributed by atoms with E-state index in [4.69, 9.17) is 16.2 Å². The summed E-state index contributed by atoms with van der Waals surface area (Å²) in [6.07, 6.45) is -2.63. The molecule has 11 N–H and O–H groups in total. The first-order chi connectivity index (χ1) is 18.1. The lowest BCUT2D eigenvalue weighted by atomic mass is 10.1. The number of imidazole rings is 1. The summed E-state index contributed by atoms with van der Waals surface area (Å²) in [5, 5.41) is 22.7. The summed E-state index contributed by atoms with van der Waals surface area (Å²) < 4.78 is 55.5. The lowest BCUT2D eigenvalue weighted by Crippen LogP contribution is -2.33. The number of aliphatic hydroxyl groups is 2. The third-order valence-corrected chi connectivity index (χ3v) is 9.79. The highest BCUT2D eigenvalue weighted by Crippen LogP contribution is 2.66. The predicted octanol–water partition coefficient (Wildman–Crippen LogP) is -1.22. The molecule has 222 valence electrons. The molecular weight excluding hydrogens is 591 g/mol. The molecule has 0 bridgehead atoms. The zero-order valence-corrected chi connectivity index (χ0v) is 22.9. The lowest BCUT2D eigenvalue weighted by molar-refractivity contribution is -0.0503. The number of phosphoric ester groups is 1. The Balaban J connectivity index is 1.57. The smallest absolute Gasteiger partial charge is 0.387 e. The number of hydrogen-bond acceptors (Lipinski definition) is 14. The molecule has 1 saturated heterocycles. The van der Waals surface area contributed by atoms with Crippen molar-refractivity contribution in [2.75, 3.05) is 25.4 Å². The number of aliphatic hydroxyl groups excluding tert-OH is 2. The molecule has 3 rings (SSSR count). The number of unbranched alkanes of at least 4 members (excludes halogenated alkanes) is 3. The number of fused-ring (bicyclic) bond motifs is 1. The minimum atomic E-state index is -5.63. The predicted molar refractivity (Wildman–Crippen MR) is 132 cm³/mol. The van der Waals surface area contributed by atoms with Gasteiger partial charge < -0.3 is 41.1 Å². The first kappa shape index (κ1) is 31.9. The topological polar surface area (TPSA) is 317 Å². The Kier molecular flexibility index (Phi) is 10.6. The van der Waals surface area contributed by atoms with E-state index in [1.165, 1.54) is 0 Å². The summed E-state index contributed by atoms with van der Waals surface area (Å²) in [7, 11) is -16.0. The van der Waals surface area contributed by atoms with Crippen LogP contribution in [0.4, 0.5) is 5.95 Å². The van der Waals surface area contributed by atoms with Crippen LogP contribution in [0.1, 0.15) is 31.9 Å². The van der Waals surface area contributed by atoms with Gasteiger partial charge in [0.1, 0.15) is 18.3 Å². The first-order valence-corrected chi connectivity index (χ1v) is 16.0. The van der Waals surface area contributed by atoms with Gasteiger partial charge in [-0.15, -0.1) is 0 Å². The van der Waals surface area contributed by atoms with Crippen LogP contribution in [-0.4, -0.2) is 82.4 Å². The van der Waals surface area contributed by atoms with Crippen LogP contribution < -0.4 is 22.1 Å². The summed E-state index contributed by atoms with van der Waals surface area (Å²) in [6, 6.07) is 0. The summed E-state index contributed by atoms with van der Waals surface area (Å²) in [5.41, 5.74) is 9.96. The van der Waals surface area contributed by atoms with E-state index in [1.54, 1.807) is 0 Å². The molecule has 2 aromatic heterocycles. The summed E-state index contributed by atoms with van der Waals surface area (Å²) in [5.74, 6) is -0.263. The molecule has 2 aromatic rings. The molecular formula is C16H30N7O13P3. The summed E-state index contributed by atoms with van der Waals surface area (Å²) >= 11 is 0. The molecule has 3 heterocycles. The first-order valence-electron chi connectivity index (χ1n) is 11.4. The number of aromatic nitrogens is 4. The van der Waals surface area contributed by atoms with E-state index in [0.717, 1.165) is 23.7 Å².